The molecule has 1 aromatic heterocycles. The lowest BCUT2D eigenvalue weighted by atomic mass is 9.96. The molecule has 0 radical (unpaired) electrons. The Kier molecular flexibility index (Phi) is 12.0. The topological polar surface area (TPSA) is 265 Å². The van der Waals surface area contributed by atoms with Crippen molar-refractivity contribution in [1.29, 1.82) is 0 Å². The number of rotatable bonds is 16. The normalized spacial score (nSPS) is 15.0. The van der Waals surface area contributed by atoms with Crippen molar-refractivity contribution in [2.45, 2.75) is 70.1 Å². The molecular formula is C21H34N8O7. The fraction of sp³-hybridized carbons (Fsp3) is 0.571. The summed E-state index contributed by atoms with van der Waals surface area (Å²) in [5.41, 5.74) is 16.3. The smallest absolute Gasteiger partial charge is 0.326 e. The van der Waals surface area contributed by atoms with Crippen LogP contribution in [0.5, 0.6) is 0 Å². The zero-order valence-electron chi connectivity index (χ0n) is 20.2. The van der Waals surface area contributed by atoms with Gasteiger partial charge in [-0.3, -0.25) is 24.0 Å². The molecule has 0 aliphatic heterocycles. The average Bonchev–Trinajstić information content (AvgIpc) is 3.31. The second-order valence-electron chi connectivity index (χ2n) is 8.40. The molecule has 0 aliphatic rings. The summed E-state index contributed by atoms with van der Waals surface area (Å²) in [5, 5.41) is 16.7. The number of nitrogens with zero attached hydrogens (tertiary/aromatic N) is 1. The third-order valence-corrected chi connectivity index (χ3v) is 5.46. The molecule has 1 heterocycles. The van der Waals surface area contributed by atoms with Gasteiger partial charge in [0, 0.05) is 24.7 Å². The Morgan fingerprint density at radius 2 is 1.64 bits per heavy atom. The second-order valence-corrected chi connectivity index (χ2v) is 8.40. The molecule has 36 heavy (non-hydrogen) atoms. The van der Waals surface area contributed by atoms with Gasteiger partial charge in [0.25, 0.3) is 0 Å². The van der Waals surface area contributed by atoms with Crippen molar-refractivity contribution >= 4 is 35.5 Å². The first kappa shape index (κ1) is 30.0. The van der Waals surface area contributed by atoms with Gasteiger partial charge in [-0.2, -0.15) is 0 Å². The van der Waals surface area contributed by atoms with E-state index in [1.807, 2.05) is 0 Å². The van der Waals surface area contributed by atoms with Gasteiger partial charge in [0.05, 0.1) is 18.8 Å². The lowest BCUT2D eigenvalue weighted by Gasteiger charge is -2.28. The van der Waals surface area contributed by atoms with E-state index in [-0.39, 0.29) is 19.3 Å². The van der Waals surface area contributed by atoms with Crippen LogP contribution in [-0.4, -0.2) is 74.7 Å². The molecule has 5 unspecified atom stereocenters. The van der Waals surface area contributed by atoms with Gasteiger partial charge in [0.15, 0.2) is 0 Å². The zero-order chi connectivity index (χ0) is 27.4. The molecule has 11 N–H and O–H groups in total. The summed E-state index contributed by atoms with van der Waals surface area (Å²) in [7, 11) is 0. The van der Waals surface area contributed by atoms with Gasteiger partial charge in [0.1, 0.15) is 18.1 Å². The maximum absolute atomic E-state index is 13.2. The summed E-state index contributed by atoms with van der Waals surface area (Å²) in [6, 6.07) is -5.09. The van der Waals surface area contributed by atoms with Gasteiger partial charge in [-0.05, 0) is 12.3 Å². The minimum Gasteiger partial charge on any atom is -0.480 e. The molecule has 0 saturated carbocycles. The van der Waals surface area contributed by atoms with Crippen LogP contribution < -0.4 is 33.2 Å². The maximum atomic E-state index is 13.2. The molecule has 0 spiro atoms. The highest BCUT2D eigenvalue weighted by Crippen LogP contribution is 2.11. The number of imidazole rings is 1. The number of hydrogen-bond acceptors (Lipinski definition) is 8. The Balaban J connectivity index is 3.07. The van der Waals surface area contributed by atoms with E-state index in [1.165, 1.54) is 12.5 Å². The van der Waals surface area contributed by atoms with E-state index >= 15 is 0 Å². The summed E-state index contributed by atoms with van der Waals surface area (Å²) in [6.07, 6.45) is 2.27. The Labute approximate surface area is 207 Å². The molecule has 5 atom stereocenters. The number of carbonyl (C=O) groups excluding carboxylic acids is 5. The lowest BCUT2D eigenvalue weighted by molar-refractivity contribution is -0.143. The van der Waals surface area contributed by atoms with Gasteiger partial charge < -0.3 is 43.2 Å². The number of primary amides is 2. The highest BCUT2D eigenvalue weighted by atomic mass is 16.4. The maximum Gasteiger partial charge on any atom is 0.326 e. The van der Waals surface area contributed by atoms with Crippen LogP contribution in [0.3, 0.4) is 0 Å². The molecule has 200 valence electrons. The number of aliphatic carboxylic acids is 1. The first-order valence-electron chi connectivity index (χ1n) is 11.3. The molecule has 0 aromatic carbocycles. The van der Waals surface area contributed by atoms with E-state index in [0.717, 1.165) is 0 Å². The molecular weight excluding hydrogens is 476 g/mol. The minimum atomic E-state index is -1.40. The number of aromatic nitrogens is 2. The molecule has 15 heteroatoms. The predicted molar refractivity (Wildman–Crippen MR) is 125 cm³/mol. The molecule has 0 aliphatic carbocycles. The van der Waals surface area contributed by atoms with Crippen LogP contribution in [0.1, 0.15) is 45.2 Å². The van der Waals surface area contributed by atoms with Crippen molar-refractivity contribution in [3.63, 3.8) is 0 Å². The van der Waals surface area contributed by atoms with E-state index < -0.39 is 72.0 Å². The van der Waals surface area contributed by atoms with E-state index in [0.29, 0.717) is 12.1 Å². The number of aromatic amines is 1. The first-order chi connectivity index (χ1) is 16.8. The number of nitrogens with one attached hydrogen (secondary N) is 4. The average molecular weight is 511 g/mol. The first-order valence-corrected chi connectivity index (χ1v) is 11.3. The van der Waals surface area contributed by atoms with Crippen molar-refractivity contribution in [3.8, 4) is 0 Å². The van der Waals surface area contributed by atoms with Crippen molar-refractivity contribution in [1.82, 2.24) is 25.9 Å². The Morgan fingerprint density at radius 3 is 2.14 bits per heavy atom. The summed E-state index contributed by atoms with van der Waals surface area (Å²) in [5.74, 6) is -5.68. The Hall–Kier alpha value is -4.01. The Morgan fingerprint density at radius 1 is 1.00 bits per heavy atom. The summed E-state index contributed by atoms with van der Waals surface area (Å²) in [4.78, 5) is 78.9. The van der Waals surface area contributed by atoms with Crippen LogP contribution in [0.15, 0.2) is 12.5 Å². The monoisotopic (exact) mass is 510 g/mol. The fourth-order valence-corrected chi connectivity index (χ4v) is 3.17. The van der Waals surface area contributed by atoms with E-state index in [4.69, 9.17) is 17.2 Å². The third kappa shape index (κ3) is 10.1. The van der Waals surface area contributed by atoms with Crippen LogP contribution >= 0.6 is 0 Å². The van der Waals surface area contributed by atoms with Gasteiger partial charge >= 0.3 is 5.97 Å². The highest BCUT2D eigenvalue weighted by molar-refractivity contribution is 5.95. The number of carboxylic acid groups (broad SMARTS) is 1. The van der Waals surface area contributed by atoms with Crippen molar-refractivity contribution in [3.05, 3.63) is 18.2 Å². The highest BCUT2D eigenvalue weighted by Gasteiger charge is 2.33. The molecule has 0 fully saturated rings. The van der Waals surface area contributed by atoms with Gasteiger partial charge in [-0.1, -0.05) is 20.3 Å². The van der Waals surface area contributed by atoms with Crippen molar-refractivity contribution in [2.24, 2.45) is 23.1 Å². The van der Waals surface area contributed by atoms with Crippen LogP contribution in [0, 0.1) is 5.92 Å². The fourth-order valence-electron chi connectivity index (χ4n) is 3.17. The number of carboxylic acids is 1. The van der Waals surface area contributed by atoms with E-state index in [1.54, 1.807) is 13.8 Å². The van der Waals surface area contributed by atoms with Gasteiger partial charge in [0.2, 0.25) is 29.5 Å². The quantitative estimate of drug-likeness (QED) is 0.112. The van der Waals surface area contributed by atoms with Crippen LogP contribution in [-0.2, 0) is 35.2 Å². The van der Waals surface area contributed by atoms with Crippen LogP contribution in [0.25, 0.3) is 0 Å². The molecule has 0 bridgehead atoms. The number of H-pyrrole nitrogens is 1. The van der Waals surface area contributed by atoms with Crippen molar-refractivity contribution in [2.75, 3.05) is 0 Å². The summed E-state index contributed by atoms with van der Waals surface area (Å²) < 4.78 is 0. The van der Waals surface area contributed by atoms with Crippen LogP contribution in [0.2, 0.25) is 0 Å². The Bertz CT molecular complexity index is 937. The van der Waals surface area contributed by atoms with Gasteiger partial charge in [-0.15, -0.1) is 0 Å². The standard InChI is InChI=1S/C21H34N8O7/c1-3-10(2)17(20(34)27-13(21(35)36)4-5-15(23)30)29-19(33)14(6-11-8-25-9-26-11)28-18(32)12(22)7-16(24)31/h8-10,12-14,17H,3-7,22H2,1-2H3,(H2,23,30)(H2,24,31)(H,25,26)(H,27,34)(H,28,32)(H,29,33)(H,35,36). The van der Waals surface area contributed by atoms with Crippen molar-refractivity contribution < 1.29 is 33.9 Å². The minimum absolute atomic E-state index is 0.0495. The van der Waals surface area contributed by atoms with E-state index in [9.17, 15) is 33.9 Å². The molecule has 0 saturated heterocycles. The molecule has 1 rings (SSSR count). The number of nitrogens with two attached hydrogens (primary N) is 3. The second kappa shape index (κ2) is 14.4. The summed E-state index contributed by atoms with van der Waals surface area (Å²) >= 11 is 0. The third-order valence-electron chi connectivity index (χ3n) is 5.46. The molecule has 5 amide bonds. The van der Waals surface area contributed by atoms with Gasteiger partial charge in [-0.25, -0.2) is 9.78 Å². The molecule has 15 nitrogen and oxygen atoms in total. The number of carbonyl (C=O) groups is 6. The predicted octanol–water partition coefficient (Wildman–Crippen LogP) is -2.99. The van der Waals surface area contributed by atoms with E-state index in [2.05, 4.69) is 25.9 Å². The largest absolute Gasteiger partial charge is 0.480 e. The van der Waals surface area contributed by atoms with Crippen LogP contribution in [0.4, 0.5) is 0 Å². The number of amides is 5. The zero-order valence-corrected chi connectivity index (χ0v) is 20.2. The SMILES string of the molecule is CCC(C)C(NC(=O)C(Cc1cnc[nH]1)NC(=O)C(N)CC(N)=O)C(=O)NC(CCC(N)=O)C(=O)O. The lowest BCUT2D eigenvalue weighted by Crippen LogP contribution is -2.59. The summed E-state index contributed by atoms with van der Waals surface area (Å²) in [6.45, 7) is 3.44. The molecule has 1 aromatic rings. The number of hydrogen-bond donors (Lipinski definition) is 8.